The van der Waals surface area contributed by atoms with Crippen LogP contribution >= 0.6 is 0 Å². The highest BCUT2D eigenvalue weighted by Crippen LogP contribution is 2.44. The lowest BCUT2D eigenvalue weighted by Crippen LogP contribution is -2.54. The van der Waals surface area contributed by atoms with Crippen molar-refractivity contribution in [2.24, 2.45) is 11.3 Å². The molecule has 5 aliphatic rings. The number of likely N-dealkylation sites (tertiary alicyclic amines) is 2. The summed E-state index contributed by atoms with van der Waals surface area (Å²) in [6, 6.07) is 10.7. The molecule has 2 aromatic carbocycles. The molecule has 19 heteroatoms. The topological polar surface area (TPSA) is 179 Å². The lowest BCUT2D eigenvalue weighted by atomic mass is 9.71. The van der Waals surface area contributed by atoms with E-state index in [1.165, 1.54) is 13.2 Å². The van der Waals surface area contributed by atoms with Crippen LogP contribution in [0, 0.1) is 11.3 Å². The first-order valence-electron chi connectivity index (χ1n) is 22.2. The van der Waals surface area contributed by atoms with Crippen molar-refractivity contribution in [3.8, 4) is 5.75 Å². The number of piperidine rings is 4. The smallest absolute Gasteiger partial charge is 0.433 e. The average Bonchev–Trinajstić information content (AvgIpc) is 3.82. The van der Waals surface area contributed by atoms with Crippen molar-refractivity contribution in [3.63, 3.8) is 0 Å². The Morgan fingerprint density at radius 1 is 0.908 bits per heavy atom. The van der Waals surface area contributed by atoms with E-state index in [0.717, 1.165) is 80.5 Å². The largest absolute Gasteiger partial charge is 0.494 e. The van der Waals surface area contributed by atoms with Crippen LogP contribution in [0.3, 0.4) is 0 Å². The number of rotatable bonds is 10. The maximum atomic E-state index is 13.7. The average molecular weight is 898 g/mol. The van der Waals surface area contributed by atoms with Crippen LogP contribution in [0.4, 0.5) is 24.5 Å². The Balaban J connectivity index is 0.720. The molecule has 1 unspecified atom stereocenters. The third-order valence-electron chi connectivity index (χ3n) is 14.0. The number of hydrogen-bond donors (Lipinski definition) is 2. The minimum Gasteiger partial charge on any atom is -0.494 e. The molecule has 0 saturated carbocycles. The molecule has 4 saturated heterocycles. The van der Waals surface area contributed by atoms with Gasteiger partial charge in [-0.25, -0.2) is 4.98 Å². The lowest BCUT2D eigenvalue weighted by Gasteiger charge is -2.47. The second kappa shape index (κ2) is 17.5. The number of fused-ring (bicyclic) bond motifs is 2. The zero-order valence-corrected chi connectivity index (χ0v) is 36.0. The maximum absolute atomic E-state index is 13.7. The van der Waals surface area contributed by atoms with E-state index in [-0.39, 0.29) is 41.1 Å². The van der Waals surface area contributed by atoms with Crippen molar-refractivity contribution in [1.82, 2.24) is 34.8 Å². The first-order valence-corrected chi connectivity index (χ1v) is 22.2. The van der Waals surface area contributed by atoms with Gasteiger partial charge in [-0.1, -0.05) is 12.1 Å². The van der Waals surface area contributed by atoms with Crippen LogP contribution in [0.2, 0.25) is 0 Å². The molecule has 342 valence electrons. The second-order valence-corrected chi connectivity index (χ2v) is 17.9. The minimum atomic E-state index is -4.68. The number of ether oxygens (including phenoxy) is 1. The fourth-order valence-electron chi connectivity index (χ4n) is 10.1. The molecule has 1 atom stereocenters. The number of aromatic nitrogens is 3. The Morgan fingerprint density at radius 3 is 2.34 bits per heavy atom. The quantitative estimate of drug-likeness (QED) is 0.202. The van der Waals surface area contributed by atoms with Gasteiger partial charge in [-0.05, 0) is 106 Å². The summed E-state index contributed by atoms with van der Waals surface area (Å²) in [6.07, 6.45) is 3.79. The first-order chi connectivity index (χ1) is 31.2. The van der Waals surface area contributed by atoms with E-state index in [4.69, 9.17) is 9.84 Å². The fourth-order valence-corrected chi connectivity index (χ4v) is 10.1. The molecular weight excluding hydrogens is 848 g/mol. The molecule has 6 amide bonds. The van der Waals surface area contributed by atoms with Crippen LogP contribution < -0.4 is 20.3 Å². The van der Waals surface area contributed by atoms with Crippen molar-refractivity contribution in [1.29, 1.82) is 0 Å². The molecule has 4 aromatic rings. The van der Waals surface area contributed by atoms with Gasteiger partial charge in [0.1, 0.15) is 23.2 Å². The highest BCUT2D eigenvalue weighted by atomic mass is 19.4. The van der Waals surface area contributed by atoms with Gasteiger partial charge in [0.25, 0.3) is 17.7 Å². The molecule has 16 nitrogen and oxygen atoms in total. The third-order valence-corrected chi connectivity index (χ3v) is 14.0. The number of aryl methyl sites for hydroxylation is 1. The molecule has 0 bridgehead atoms. The SMILES string of the molecule is COc1cc2nn(CCC3CCN(CC(=O)N4CCC5(CC4)CCN(c4cccc6c4C(=O)N(C4CCC(=O)NC4=O)C6=O)CC5)CC3)cc2cc1NC(=O)c1cccc(C(F)(F)F)n1. The molecular formula is C46H50F3N9O7. The summed E-state index contributed by atoms with van der Waals surface area (Å²) in [5.41, 5.74) is 0.787. The number of nitrogens with zero attached hydrogens (tertiary/aromatic N) is 7. The molecule has 5 aliphatic heterocycles. The Morgan fingerprint density at radius 2 is 1.63 bits per heavy atom. The van der Waals surface area contributed by atoms with Gasteiger partial charge >= 0.3 is 6.18 Å². The molecule has 1 spiro atoms. The molecule has 2 aromatic heterocycles. The summed E-state index contributed by atoms with van der Waals surface area (Å²) in [4.78, 5) is 88.7. The predicted octanol–water partition coefficient (Wildman–Crippen LogP) is 5.12. The number of carbonyl (C=O) groups excluding carboxylic acids is 6. The summed E-state index contributed by atoms with van der Waals surface area (Å²) in [5, 5.41) is 10.3. The van der Waals surface area contributed by atoms with Crippen LogP contribution in [0.5, 0.6) is 5.75 Å². The van der Waals surface area contributed by atoms with E-state index >= 15 is 0 Å². The molecule has 7 heterocycles. The number of benzene rings is 2. The number of halogens is 3. The molecule has 4 fully saturated rings. The minimum absolute atomic E-state index is 0.0661. The van der Waals surface area contributed by atoms with Gasteiger partial charge < -0.3 is 19.9 Å². The van der Waals surface area contributed by atoms with E-state index < -0.39 is 47.4 Å². The summed E-state index contributed by atoms with van der Waals surface area (Å²) in [6.45, 7) is 5.53. The predicted molar refractivity (Wildman–Crippen MR) is 230 cm³/mol. The van der Waals surface area contributed by atoms with Crippen molar-refractivity contribution in [2.75, 3.05) is 63.1 Å². The van der Waals surface area contributed by atoms with E-state index in [9.17, 15) is 41.9 Å². The van der Waals surface area contributed by atoms with Crippen molar-refractivity contribution >= 4 is 57.7 Å². The van der Waals surface area contributed by atoms with Crippen LogP contribution in [0.25, 0.3) is 10.9 Å². The number of anilines is 2. The number of imide groups is 2. The first kappa shape index (κ1) is 43.9. The fraction of sp³-hybridized carbons (Fsp3) is 0.478. The van der Waals surface area contributed by atoms with Crippen molar-refractivity contribution < 1.29 is 46.7 Å². The summed E-state index contributed by atoms with van der Waals surface area (Å²) < 4.78 is 46.8. The third kappa shape index (κ3) is 8.89. The highest BCUT2D eigenvalue weighted by Gasteiger charge is 2.47. The number of amides is 6. The highest BCUT2D eigenvalue weighted by molar-refractivity contribution is 6.25. The van der Waals surface area contributed by atoms with E-state index in [0.29, 0.717) is 67.7 Å². The lowest BCUT2D eigenvalue weighted by molar-refractivity contribution is -0.141. The van der Waals surface area contributed by atoms with Crippen LogP contribution in [0.1, 0.15) is 94.7 Å². The van der Waals surface area contributed by atoms with Gasteiger partial charge in [-0.15, -0.1) is 0 Å². The Hall–Kier alpha value is -6.37. The van der Waals surface area contributed by atoms with Gasteiger partial charge in [0.05, 0.1) is 41.7 Å². The summed E-state index contributed by atoms with van der Waals surface area (Å²) in [7, 11) is 1.43. The van der Waals surface area contributed by atoms with Gasteiger partial charge in [0.2, 0.25) is 17.7 Å². The monoisotopic (exact) mass is 897 g/mol. The maximum Gasteiger partial charge on any atom is 0.433 e. The zero-order valence-electron chi connectivity index (χ0n) is 36.0. The summed E-state index contributed by atoms with van der Waals surface area (Å²) in [5.74, 6) is -1.93. The Kier molecular flexibility index (Phi) is 11.8. The van der Waals surface area contributed by atoms with E-state index in [1.54, 1.807) is 24.3 Å². The second-order valence-electron chi connectivity index (χ2n) is 17.9. The van der Waals surface area contributed by atoms with Crippen LogP contribution in [-0.2, 0) is 27.1 Å². The molecule has 65 heavy (non-hydrogen) atoms. The number of carbonyl (C=O) groups is 6. The number of methoxy groups -OCH3 is 1. The van der Waals surface area contributed by atoms with Crippen molar-refractivity contribution in [3.05, 3.63) is 77.2 Å². The Labute approximate surface area is 372 Å². The van der Waals surface area contributed by atoms with Gasteiger partial charge in [0, 0.05) is 56.8 Å². The van der Waals surface area contributed by atoms with Gasteiger partial charge in [-0.3, -0.25) is 48.6 Å². The normalized spacial score (nSPS) is 20.7. The van der Waals surface area contributed by atoms with Crippen LogP contribution in [-0.4, -0.2) is 124 Å². The van der Waals surface area contributed by atoms with Crippen LogP contribution in [0.15, 0.2) is 54.7 Å². The number of pyridine rings is 1. The van der Waals surface area contributed by atoms with E-state index in [1.807, 2.05) is 21.8 Å². The van der Waals surface area contributed by atoms with Gasteiger partial charge in [-0.2, -0.15) is 18.3 Å². The molecule has 2 N–H and O–H groups in total. The van der Waals surface area contributed by atoms with E-state index in [2.05, 4.69) is 25.4 Å². The summed E-state index contributed by atoms with van der Waals surface area (Å²) >= 11 is 0. The van der Waals surface area contributed by atoms with Gasteiger partial charge in [0.15, 0.2) is 0 Å². The number of hydrogen-bond acceptors (Lipinski definition) is 11. The molecule has 0 aliphatic carbocycles. The standard InChI is InChI=1S/C46H50F3N9O7/c1-65-36-25-32-29(24-33(36)51-41(61)31-5-3-7-37(50-31)46(47,48)49)26-57(53-32)19-12-28-10-17-54(18-11-28)27-39(60)56-22-15-45(16-23-56)13-20-55(21-14-45)34-6-2-4-30-40(34)44(64)58(43(30)63)35-8-9-38(59)52-42(35)62/h2-7,24-26,28,35H,8-23,27H2,1H3,(H,51,61)(H,52,59,62). The molecule has 0 radical (unpaired) electrons. The zero-order chi connectivity index (χ0) is 45.6. The Bertz CT molecular complexity index is 2550. The number of nitrogens with one attached hydrogen (secondary N) is 2. The molecule has 9 rings (SSSR count). The van der Waals surface area contributed by atoms with Crippen molar-refractivity contribution in [2.45, 2.75) is 76.6 Å². The number of alkyl halides is 3.